The van der Waals surface area contributed by atoms with Crippen LogP contribution in [0.5, 0.6) is 0 Å². The molecule has 0 unspecified atom stereocenters. The van der Waals surface area contributed by atoms with E-state index in [0.717, 1.165) is 13.1 Å². The van der Waals surface area contributed by atoms with Crippen molar-refractivity contribution >= 4 is 6.09 Å². The van der Waals surface area contributed by atoms with Gasteiger partial charge in [0.05, 0.1) is 0 Å². The van der Waals surface area contributed by atoms with Gasteiger partial charge in [-0.15, -0.1) is 0 Å². The summed E-state index contributed by atoms with van der Waals surface area (Å²) in [6.45, 7) is 9.23. The summed E-state index contributed by atoms with van der Waals surface area (Å²) in [4.78, 5) is 13.2. The molecule has 1 fully saturated rings. The molecule has 0 radical (unpaired) electrons. The number of hydrogen-bond donors (Lipinski definition) is 0. The molecular formula is C11H19NO2. The second-order valence-electron chi connectivity index (χ2n) is 4.67. The van der Waals surface area contributed by atoms with Crippen LogP contribution >= 0.6 is 0 Å². The molecule has 0 N–H and O–H groups in total. The molecule has 1 amide bonds. The maximum Gasteiger partial charge on any atom is 0.410 e. The van der Waals surface area contributed by atoms with E-state index in [4.69, 9.17) is 4.74 Å². The fourth-order valence-corrected chi connectivity index (χ4v) is 1.38. The van der Waals surface area contributed by atoms with Crippen molar-refractivity contribution in [3.8, 4) is 0 Å². The highest BCUT2D eigenvalue weighted by atomic mass is 16.6. The first kappa shape index (κ1) is 11.1. The lowest BCUT2D eigenvalue weighted by Gasteiger charge is -2.38. The normalized spacial score (nSPS) is 18.4. The molecule has 3 heteroatoms. The van der Waals surface area contributed by atoms with Gasteiger partial charge >= 0.3 is 6.09 Å². The van der Waals surface area contributed by atoms with Gasteiger partial charge in [0, 0.05) is 19.0 Å². The van der Waals surface area contributed by atoms with Crippen LogP contribution in [0.3, 0.4) is 0 Å². The number of carbonyl (C=O) groups excluding carboxylic acids is 1. The van der Waals surface area contributed by atoms with Crippen LogP contribution in [0.15, 0.2) is 12.2 Å². The molecule has 0 aromatic rings. The van der Waals surface area contributed by atoms with E-state index < -0.39 is 0 Å². The van der Waals surface area contributed by atoms with Crippen LogP contribution in [0.1, 0.15) is 27.7 Å². The Balaban J connectivity index is 2.30. The summed E-state index contributed by atoms with van der Waals surface area (Å²) in [7, 11) is 0. The summed E-state index contributed by atoms with van der Waals surface area (Å²) in [5.41, 5.74) is -0.386. The minimum absolute atomic E-state index is 0.196. The molecule has 0 bridgehead atoms. The number of nitrogens with zero attached hydrogens (tertiary/aromatic N) is 1. The second kappa shape index (κ2) is 4.03. The van der Waals surface area contributed by atoms with Crippen molar-refractivity contribution in [1.29, 1.82) is 0 Å². The van der Waals surface area contributed by atoms with E-state index in [1.807, 2.05) is 33.8 Å². The number of rotatable bonds is 1. The topological polar surface area (TPSA) is 29.5 Å². The molecule has 1 aliphatic rings. The lowest BCUT2D eigenvalue weighted by Crippen LogP contribution is -2.50. The molecular weight excluding hydrogens is 178 g/mol. The third-order valence-electron chi connectivity index (χ3n) is 2.03. The van der Waals surface area contributed by atoms with Crippen molar-refractivity contribution < 1.29 is 9.53 Å². The van der Waals surface area contributed by atoms with Crippen molar-refractivity contribution in [3.63, 3.8) is 0 Å². The minimum atomic E-state index is -0.386. The van der Waals surface area contributed by atoms with Crippen molar-refractivity contribution in [2.45, 2.75) is 33.3 Å². The zero-order valence-corrected chi connectivity index (χ0v) is 9.41. The largest absolute Gasteiger partial charge is 0.444 e. The van der Waals surface area contributed by atoms with E-state index in [-0.39, 0.29) is 11.7 Å². The third kappa shape index (κ3) is 3.05. The molecule has 1 rings (SSSR count). The van der Waals surface area contributed by atoms with Crippen molar-refractivity contribution in [2.75, 3.05) is 13.1 Å². The lowest BCUT2D eigenvalue weighted by molar-refractivity contribution is 0.00491. The quantitative estimate of drug-likeness (QED) is 0.604. The van der Waals surface area contributed by atoms with Gasteiger partial charge in [-0.1, -0.05) is 12.2 Å². The van der Waals surface area contributed by atoms with Gasteiger partial charge in [0.1, 0.15) is 5.60 Å². The van der Waals surface area contributed by atoms with Gasteiger partial charge in [-0.2, -0.15) is 0 Å². The van der Waals surface area contributed by atoms with Crippen LogP contribution in [-0.4, -0.2) is 29.7 Å². The molecule has 80 valence electrons. The number of carbonyl (C=O) groups is 1. The minimum Gasteiger partial charge on any atom is -0.444 e. The molecule has 14 heavy (non-hydrogen) atoms. The lowest BCUT2D eigenvalue weighted by atomic mass is 10.0. The maximum absolute atomic E-state index is 11.5. The van der Waals surface area contributed by atoms with Crippen LogP contribution in [-0.2, 0) is 4.74 Å². The Labute approximate surface area is 85.7 Å². The van der Waals surface area contributed by atoms with Gasteiger partial charge in [0.2, 0.25) is 0 Å². The Kier molecular flexibility index (Phi) is 3.19. The Morgan fingerprint density at radius 2 is 2.00 bits per heavy atom. The molecule has 0 saturated carbocycles. The van der Waals surface area contributed by atoms with Gasteiger partial charge in [-0.3, -0.25) is 0 Å². The molecule has 0 aromatic carbocycles. The Bertz CT molecular complexity index is 234. The average Bonchev–Trinajstić information content (AvgIpc) is 1.91. The second-order valence-corrected chi connectivity index (χ2v) is 4.67. The first-order valence-corrected chi connectivity index (χ1v) is 5.03. The van der Waals surface area contributed by atoms with Gasteiger partial charge < -0.3 is 9.64 Å². The molecule has 3 nitrogen and oxygen atoms in total. The van der Waals surface area contributed by atoms with E-state index >= 15 is 0 Å². The van der Waals surface area contributed by atoms with Gasteiger partial charge in [0.25, 0.3) is 0 Å². The molecule has 0 atom stereocenters. The zero-order chi connectivity index (χ0) is 10.8. The van der Waals surface area contributed by atoms with E-state index in [2.05, 4.69) is 6.08 Å². The number of ether oxygens (including phenoxy) is 1. The number of amides is 1. The molecule has 0 aromatic heterocycles. The van der Waals surface area contributed by atoms with E-state index in [9.17, 15) is 4.79 Å². The summed E-state index contributed by atoms with van der Waals surface area (Å²) < 4.78 is 5.23. The van der Waals surface area contributed by atoms with E-state index in [0.29, 0.717) is 5.92 Å². The van der Waals surface area contributed by atoms with Crippen molar-refractivity contribution in [3.05, 3.63) is 12.2 Å². The summed E-state index contributed by atoms with van der Waals surface area (Å²) in [5, 5.41) is 0. The van der Waals surface area contributed by atoms with E-state index in [1.165, 1.54) is 0 Å². The van der Waals surface area contributed by atoms with Crippen LogP contribution in [0.2, 0.25) is 0 Å². The van der Waals surface area contributed by atoms with Crippen molar-refractivity contribution in [2.24, 2.45) is 5.92 Å². The van der Waals surface area contributed by atoms with Crippen LogP contribution in [0.25, 0.3) is 0 Å². The fourth-order valence-electron chi connectivity index (χ4n) is 1.38. The highest BCUT2D eigenvalue weighted by Crippen LogP contribution is 2.20. The monoisotopic (exact) mass is 197 g/mol. The average molecular weight is 197 g/mol. The summed E-state index contributed by atoms with van der Waals surface area (Å²) >= 11 is 0. The Hall–Kier alpha value is -0.990. The van der Waals surface area contributed by atoms with Gasteiger partial charge in [0.15, 0.2) is 0 Å². The summed E-state index contributed by atoms with van der Waals surface area (Å²) in [6.07, 6.45) is 3.95. The standard InChI is InChI=1S/C11H19NO2/c1-5-6-9-7-12(8-9)10(13)14-11(2,3)4/h5-6,9H,7-8H2,1-4H3/b6-5+. The van der Waals surface area contributed by atoms with Gasteiger partial charge in [-0.05, 0) is 27.7 Å². The maximum atomic E-state index is 11.5. The highest BCUT2D eigenvalue weighted by molar-refractivity contribution is 5.69. The first-order chi connectivity index (χ1) is 6.42. The fraction of sp³-hybridized carbons (Fsp3) is 0.727. The Morgan fingerprint density at radius 1 is 1.43 bits per heavy atom. The van der Waals surface area contributed by atoms with Crippen LogP contribution < -0.4 is 0 Å². The van der Waals surface area contributed by atoms with E-state index in [1.54, 1.807) is 4.90 Å². The van der Waals surface area contributed by atoms with Gasteiger partial charge in [-0.25, -0.2) is 4.79 Å². The van der Waals surface area contributed by atoms with Crippen LogP contribution in [0, 0.1) is 5.92 Å². The van der Waals surface area contributed by atoms with Crippen LogP contribution in [0.4, 0.5) is 4.79 Å². The number of hydrogen-bond acceptors (Lipinski definition) is 2. The summed E-state index contributed by atoms with van der Waals surface area (Å²) in [6, 6.07) is 0. The predicted octanol–water partition coefficient (Wildman–Crippen LogP) is 2.43. The Morgan fingerprint density at radius 3 is 2.43 bits per heavy atom. The molecule has 0 aliphatic carbocycles. The third-order valence-corrected chi connectivity index (χ3v) is 2.03. The molecule has 1 heterocycles. The predicted molar refractivity (Wildman–Crippen MR) is 56.1 cm³/mol. The highest BCUT2D eigenvalue weighted by Gasteiger charge is 2.31. The smallest absolute Gasteiger partial charge is 0.410 e. The SMILES string of the molecule is C/C=C/C1CN(C(=O)OC(C)(C)C)C1. The molecule has 1 aliphatic heterocycles. The number of allylic oxidation sites excluding steroid dienone is 1. The van der Waals surface area contributed by atoms with Crippen molar-refractivity contribution in [1.82, 2.24) is 4.90 Å². The zero-order valence-electron chi connectivity index (χ0n) is 9.41. The number of likely N-dealkylation sites (tertiary alicyclic amines) is 1. The summed E-state index contributed by atoms with van der Waals surface area (Å²) in [5.74, 6) is 0.521. The first-order valence-electron chi connectivity index (χ1n) is 5.03. The molecule has 0 spiro atoms. The molecule has 1 saturated heterocycles.